The number of para-hydroxylation sites is 1. The van der Waals surface area contributed by atoms with Crippen molar-refractivity contribution in [3.8, 4) is 11.5 Å². The number of nitrogens with zero attached hydrogens (tertiary/aromatic N) is 1. The standard InChI is InChI=1S/C35H35F2NO6/c1-23-28(20-35(16-17-35)21-31(39)40)27-7-4-6-25(34(27)38(23)22-32(41)42)13-10-24-11-14-26(15-12-24)43-18-2-3-19-44-30-9-5-8-29(36)33(30)37/h4-15H,2-3,16-22H2,1H3,(H,39,40)(H,41,42)/b13-10+. The first-order valence-electron chi connectivity index (χ1n) is 14.7. The van der Waals surface area contributed by atoms with Crippen LogP contribution in [0.25, 0.3) is 23.1 Å². The van der Waals surface area contributed by atoms with Crippen LogP contribution in [0.15, 0.2) is 60.7 Å². The summed E-state index contributed by atoms with van der Waals surface area (Å²) >= 11 is 0. The zero-order chi connectivity index (χ0) is 31.3. The number of aromatic nitrogens is 1. The second kappa shape index (κ2) is 13.3. The van der Waals surface area contributed by atoms with Crippen LogP contribution in [0.3, 0.4) is 0 Å². The molecule has 0 aliphatic heterocycles. The smallest absolute Gasteiger partial charge is 0.323 e. The van der Waals surface area contributed by atoms with Gasteiger partial charge in [-0.3, -0.25) is 9.59 Å². The van der Waals surface area contributed by atoms with E-state index >= 15 is 0 Å². The number of hydrogen-bond donors (Lipinski definition) is 2. The van der Waals surface area contributed by atoms with Gasteiger partial charge in [0.25, 0.3) is 0 Å². The fourth-order valence-corrected chi connectivity index (χ4v) is 5.64. The number of fused-ring (bicyclic) bond motifs is 1. The number of halogens is 2. The number of carbonyl (C=O) groups is 2. The molecular formula is C35H35F2NO6. The maximum atomic E-state index is 13.7. The average molecular weight is 604 g/mol. The number of aliphatic carboxylic acids is 2. The number of ether oxygens (including phenoxy) is 2. The summed E-state index contributed by atoms with van der Waals surface area (Å²) in [5.41, 5.74) is 4.26. The second-order valence-corrected chi connectivity index (χ2v) is 11.4. The Morgan fingerprint density at radius 1 is 0.909 bits per heavy atom. The minimum atomic E-state index is -0.983. The minimum absolute atomic E-state index is 0.0983. The third-order valence-corrected chi connectivity index (χ3v) is 8.15. The van der Waals surface area contributed by atoms with Crippen molar-refractivity contribution in [1.29, 1.82) is 0 Å². The summed E-state index contributed by atoms with van der Waals surface area (Å²) in [6.45, 7) is 2.43. The van der Waals surface area contributed by atoms with Crippen molar-refractivity contribution in [3.63, 3.8) is 0 Å². The lowest BCUT2D eigenvalue weighted by Crippen LogP contribution is -2.13. The third kappa shape index (κ3) is 7.27. The van der Waals surface area contributed by atoms with Gasteiger partial charge in [0.15, 0.2) is 11.6 Å². The topological polar surface area (TPSA) is 98.0 Å². The maximum Gasteiger partial charge on any atom is 0.323 e. The third-order valence-electron chi connectivity index (χ3n) is 8.15. The van der Waals surface area contributed by atoms with E-state index in [0.29, 0.717) is 31.6 Å². The SMILES string of the molecule is Cc1c(CC2(CC(=O)O)CC2)c2cccc(/C=C/c3ccc(OCCCCOc4cccc(F)c4F)cc3)c2n1CC(=O)O. The molecule has 1 aliphatic carbocycles. The molecule has 7 nitrogen and oxygen atoms in total. The Labute approximate surface area is 254 Å². The molecule has 44 heavy (non-hydrogen) atoms. The van der Waals surface area contributed by atoms with E-state index in [9.17, 15) is 28.6 Å². The van der Waals surface area contributed by atoms with Gasteiger partial charge in [-0.25, -0.2) is 4.39 Å². The maximum absolute atomic E-state index is 13.7. The monoisotopic (exact) mass is 603 g/mol. The summed E-state index contributed by atoms with van der Waals surface area (Å²) in [5, 5.41) is 20.0. The van der Waals surface area contributed by atoms with Gasteiger partial charge in [0.05, 0.1) is 25.2 Å². The summed E-state index contributed by atoms with van der Waals surface area (Å²) in [6, 6.07) is 17.3. The van der Waals surface area contributed by atoms with Crippen LogP contribution in [0.1, 0.15) is 54.5 Å². The van der Waals surface area contributed by atoms with Crippen LogP contribution in [-0.2, 0) is 22.6 Å². The number of carboxylic acids is 2. The van der Waals surface area contributed by atoms with Crippen molar-refractivity contribution in [3.05, 3.63) is 94.7 Å². The molecule has 0 saturated heterocycles. The van der Waals surface area contributed by atoms with E-state index in [1.54, 1.807) is 0 Å². The number of carboxylic acid groups (broad SMARTS) is 2. The lowest BCUT2D eigenvalue weighted by Gasteiger charge is -2.13. The predicted molar refractivity (Wildman–Crippen MR) is 164 cm³/mol. The Morgan fingerprint density at radius 3 is 2.30 bits per heavy atom. The highest BCUT2D eigenvalue weighted by Crippen LogP contribution is 2.52. The molecule has 9 heteroatoms. The fourth-order valence-electron chi connectivity index (χ4n) is 5.64. The Kier molecular flexibility index (Phi) is 9.32. The molecular weight excluding hydrogens is 568 g/mol. The number of rotatable bonds is 15. The Hall–Kier alpha value is -4.66. The van der Waals surface area contributed by atoms with Crippen molar-refractivity contribution < 1.29 is 38.1 Å². The van der Waals surface area contributed by atoms with Gasteiger partial charge in [-0.15, -0.1) is 0 Å². The zero-order valence-corrected chi connectivity index (χ0v) is 24.5. The summed E-state index contributed by atoms with van der Waals surface area (Å²) < 4.78 is 39.9. The highest BCUT2D eigenvalue weighted by atomic mass is 19.2. The van der Waals surface area contributed by atoms with Crippen molar-refractivity contribution in [2.24, 2.45) is 5.41 Å². The molecule has 2 N–H and O–H groups in total. The van der Waals surface area contributed by atoms with Gasteiger partial charge < -0.3 is 24.3 Å². The molecule has 230 valence electrons. The Bertz CT molecular complexity index is 1690. The average Bonchev–Trinajstić information content (AvgIpc) is 3.70. The fraction of sp³-hybridized carbons (Fsp3) is 0.314. The van der Waals surface area contributed by atoms with Gasteiger partial charge in [0.1, 0.15) is 12.3 Å². The molecule has 1 heterocycles. The molecule has 5 rings (SSSR count). The van der Waals surface area contributed by atoms with E-state index in [4.69, 9.17) is 9.47 Å². The van der Waals surface area contributed by atoms with E-state index in [-0.39, 0.29) is 30.7 Å². The van der Waals surface area contributed by atoms with E-state index < -0.39 is 23.6 Å². The number of hydrogen-bond acceptors (Lipinski definition) is 4. The van der Waals surface area contributed by atoms with E-state index in [1.807, 2.05) is 66.1 Å². The molecule has 1 fully saturated rings. The summed E-state index contributed by atoms with van der Waals surface area (Å²) in [5.74, 6) is -3.06. The predicted octanol–water partition coefficient (Wildman–Crippen LogP) is 7.52. The van der Waals surface area contributed by atoms with Gasteiger partial charge in [0.2, 0.25) is 5.82 Å². The molecule has 0 amide bonds. The first kappa shape index (κ1) is 30.8. The van der Waals surface area contributed by atoms with Crippen LogP contribution < -0.4 is 9.47 Å². The quantitative estimate of drug-likeness (QED) is 0.108. The van der Waals surface area contributed by atoms with Gasteiger partial charge in [-0.1, -0.05) is 48.6 Å². The van der Waals surface area contributed by atoms with Crippen LogP contribution in [0, 0.1) is 24.0 Å². The number of benzene rings is 3. The summed E-state index contributed by atoms with van der Waals surface area (Å²) in [6.07, 6.45) is 7.66. The molecule has 1 saturated carbocycles. The van der Waals surface area contributed by atoms with Crippen LogP contribution in [-0.4, -0.2) is 39.9 Å². The van der Waals surface area contributed by atoms with E-state index in [1.165, 1.54) is 12.1 Å². The molecule has 3 aromatic carbocycles. The van der Waals surface area contributed by atoms with Crippen LogP contribution in [0.5, 0.6) is 11.5 Å². The van der Waals surface area contributed by atoms with Crippen molar-refractivity contribution in [1.82, 2.24) is 4.57 Å². The molecule has 0 radical (unpaired) electrons. The van der Waals surface area contributed by atoms with Gasteiger partial charge >= 0.3 is 11.9 Å². The molecule has 0 bridgehead atoms. The molecule has 0 unspecified atom stereocenters. The lowest BCUT2D eigenvalue weighted by atomic mass is 9.91. The molecule has 0 atom stereocenters. The van der Waals surface area contributed by atoms with Gasteiger partial charge in [-0.2, -0.15) is 4.39 Å². The first-order chi connectivity index (χ1) is 21.2. The minimum Gasteiger partial charge on any atom is -0.494 e. The largest absolute Gasteiger partial charge is 0.494 e. The zero-order valence-electron chi connectivity index (χ0n) is 24.5. The lowest BCUT2D eigenvalue weighted by molar-refractivity contribution is -0.139. The summed E-state index contributed by atoms with van der Waals surface area (Å²) in [4.78, 5) is 23.3. The highest BCUT2D eigenvalue weighted by Gasteiger charge is 2.45. The van der Waals surface area contributed by atoms with Crippen LogP contribution in [0.2, 0.25) is 0 Å². The van der Waals surface area contributed by atoms with E-state index in [0.717, 1.165) is 52.2 Å². The normalized spacial score (nSPS) is 13.8. The second-order valence-electron chi connectivity index (χ2n) is 11.4. The Morgan fingerprint density at radius 2 is 1.61 bits per heavy atom. The van der Waals surface area contributed by atoms with Crippen molar-refractivity contribution >= 4 is 35.0 Å². The molecule has 1 aliphatic rings. The van der Waals surface area contributed by atoms with Crippen LogP contribution >= 0.6 is 0 Å². The number of unbranched alkanes of at least 4 members (excludes halogenated alkanes) is 1. The molecule has 1 aromatic heterocycles. The molecule has 4 aromatic rings. The Balaban J connectivity index is 1.23. The first-order valence-corrected chi connectivity index (χ1v) is 14.7. The molecule has 0 spiro atoms. The van der Waals surface area contributed by atoms with Gasteiger partial charge in [-0.05, 0) is 85.4 Å². The van der Waals surface area contributed by atoms with Crippen molar-refractivity contribution in [2.45, 2.75) is 52.0 Å². The van der Waals surface area contributed by atoms with Crippen LogP contribution in [0.4, 0.5) is 8.78 Å². The van der Waals surface area contributed by atoms with Crippen molar-refractivity contribution in [2.75, 3.05) is 13.2 Å². The summed E-state index contributed by atoms with van der Waals surface area (Å²) in [7, 11) is 0. The van der Waals surface area contributed by atoms with Gasteiger partial charge in [0, 0.05) is 11.1 Å². The highest BCUT2D eigenvalue weighted by molar-refractivity contribution is 5.95. The van der Waals surface area contributed by atoms with E-state index in [2.05, 4.69) is 0 Å².